The number of halogens is 1. The molecule has 1 rings (SSSR count). The largest absolute Gasteiger partial charge is 0.465 e. The van der Waals surface area contributed by atoms with Crippen molar-refractivity contribution < 1.29 is 19.1 Å². The highest BCUT2D eigenvalue weighted by atomic mass is 35.5. The molecule has 1 aromatic carbocycles. The van der Waals surface area contributed by atoms with E-state index in [2.05, 4.69) is 9.47 Å². The van der Waals surface area contributed by atoms with Crippen molar-refractivity contribution in [2.75, 3.05) is 13.2 Å². The zero-order chi connectivity index (χ0) is 12.1. The van der Waals surface area contributed by atoms with Crippen molar-refractivity contribution in [3.05, 3.63) is 34.9 Å². The fourth-order valence-electron chi connectivity index (χ4n) is 1.32. The van der Waals surface area contributed by atoms with E-state index in [0.29, 0.717) is 16.7 Å². The predicted octanol–water partition coefficient (Wildman–Crippen LogP) is 2.13. The Balaban J connectivity index is 3.13. The number of rotatable bonds is 3. The Labute approximate surface area is 98.1 Å². The summed E-state index contributed by atoms with van der Waals surface area (Å²) >= 11 is 5.29. The second-order valence-electron chi connectivity index (χ2n) is 3.01. The number of carbonyl (C=O) groups is 2. The first-order valence-electron chi connectivity index (χ1n) is 4.52. The van der Waals surface area contributed by atoms with Gasteiger partial charge in [-0.15, -0.1) is 0 Å². The molecule has 0 spiro atoms. The van der Waals surface area contributed by atoms with Crippen LogP contribution in [0.4, 0.5) is 0 Å². The summed E-state index contributed by atoms with van der Waals surface area (Å²) in [6.45, 7) is 1.65. The highest BCUT2D eigenvalue weighted by molar-refractivity contribution is 6.17. The number of ether oxygens (including phenoxy) is 2. The lowest BCUT2D eigenvalue weighted by atomic mass is 10.0. The monoisotopic (exact) mass is 242 g/mol. The molecule has 0 aromatic heterocycles. The smallest absolute Gasteiger partial charge is 0.339 e. The lowest BCUT2D eigenvalue weighted by molar-refractivity contribution is 0.0573. The Morgan fingerprint density at radius 2 is 1.81 bits per heavy atom. The molecule has 0 atom stereocenters. The molecule has 0 radical (unpaired) electrons. The van der Waals surface area contributed by atoms with Gasteiger partial charge in [0.15, 0.2) is 6.07 Å². The van der Waals surface area contributed by atoms with E-state index >= 15 is 0 Å². The molecular formula is C11H11ClO4. The van der Waals surface area contributed by atoms with E-state index in [1.165, 1.54) is 7.11 Å². The number of hydrogen-bond donors (Lipinski definition) is 0. The number of carbonyl (C=O) groups excluding carboxylic acids is 2. The highest BCUT2D eigenvalue weighted by Gasteiger charge is 2.16. The van der Waals surface area contributed by atoms with E-state index in [4.69, 9.17) is 11.6 Å². The van der Waals surface area contributed by atoms with Gasteiger partial charge >= 0.3 is 11.9 Å². The summed E-state index contributed by atoms with van der Waals surface area (Å²) in [5.74, 6) is -1.05. The molecule has 4 nitrogen and oxygen atoms in total. The maximum absolute atomic E-state index is 11.5. The van der Waals surface area contributed by atoms with E-state index in [1.807, 2.05) is 0 Å². The molecule has 1 aromatic rings. The van der Waals surface area contributed by atoms with Gasteiger partial charge in [-0.2, -0.15) is 0 Å². The molecule has 0 unspecified atom stereocenters. The van der Waals surface area contributed by atoms with E-state index in [1.54, 1.807) is 25.1 Å². The van der Waals surface area contributed by atoms with E-state index in [9.17, 15) is 9.59 Å². The molecule has 5 heteroatoms. The molecule has 0 saturated carbocycles. The van der Waals surface area contributed by atoms with Crippen molar-refractivity contribution in [1.29, 1.82) is 0 Å². The van der Waals surface area contributed by atoms with Gasteiger partial charge in [0.05, 0.1) is 18.2 Å². The normalized spacial score (nSPS) is 9.69. The first kappa shape index (κ1) is 12.5. The number of esters is 2. The van der Waals surface area contributed by atoms with Crippen LogP contribution in [0.5, 0.6) is 0 Å². The van der Waals surface area contributed by atoms with Crippen LogP contribution >= 0.6 is 11.6 Å². The fourth-order valence-corrected chi connectivity index (χ4v) is 1.41. The minimum atomic E-state index is -0.557. The molecule has 0 aliphatic heterocycles. The van der Waals surface area contributed by atoms with Crippen LogP contribution in [-0.2, 0) is 9.47 Å². The lowest BCUT2D eigenvalue weighted by Gasteiger charge is -2.08. The third-order valence-corrected chi connectivity index (χ3v) is 2.25. The van der Waals surface area contributed by atoms with Crippen LogP contribution in [0.3, 0.4) is 0 Å². The molecule has 0 N–H and O–H groups in total. The first-order chi connectivity index (χ1) is 7.61. The third kappa shape index (κ3) is 2.52. The van der Waals surface area contributed by atoms with Gasteiger partial charge in [0.2, 0.25) is 0 Å². The molecule has 86 valence electrons. The predicted molar refractivity (Wildman–Crippen MR) is 58.7 cm³/mol. The second kappa shape index (κ2) is 5.51. The van der Waals surface area contributed by atoms with Crippen LogP contribution in [0, 0.1) is 6.92 Å². The van der Waals surface area contributed by atoms with Crippen molar-refractivity contribution in [3.8, 4) is 0 Å². The zero-order valence-electron chi connectivity index (χ0n) is 8.95. The quantitative estimate of drug-likeness (QED) is 0.602. The topological polar surface area (TPSA) is 52.6 Å². The van der Waals surface area contributed by atoms with Crippen LogP contribution in [0.1, 0.15) is 26.3 Å². The average molecular weight is 243 g/mol. The maximum atomic E-state index is 11.5. The SMILES string of the molecule is COC(=O)c1cccc(C(=O)OCCl)c1C. The van der Waals surface area contributed by atoms with Crippen molar-refractivity contribution in [2.45, 2.75) is 6.92 Å². The number of alkyl halides is 1. The molecule has 0 saturated heterocycles. The van der Waals surface area contributed by atoms with Crippen molar-refractivity contribution in [1.82, 2.24) is 0 Å². The summed E-state index contributed by atoms with van der Waals surface area (Å²) in [5, 5.41) is 0. The molecule has 0 heterocycles. The minimum absolute atomic E-state index is 0.222. The molecule has 0 fully saturated rings. The molecule has 0 aliphatic rings. The van der Waals surface area contributed by atoms with Crippen LogP contribution < -0.4 is 0 Å². The summed E-state index contributed by atoms with van der Waals surface area (Å²) in [5.41, 5.74) is 1.17. The Morgan fingerprint density at radius 1 is 1.25 bits per heavy atom. The Hall–Kier alpha value is -1.55. The van der Waals surface area contributed by atoms with Gasteiger partial charge in [-0.1, -0.05) is 17.7 Å². The van der Waals surface area contributed by atoms with Crippen LogP contribution in [-0.4, -0.2) is 25.1 Å². The Bertz CT molecular complexity index is 414. The Morgan fingerprint density at radius 3 is 2.31 bits per heavy atom. The fraction of sp³-hybridized carbons (Fsp3) is 0.273. The van der Waals surface area contributed by atoms with E-state index < -0.39 is 11.9 Å². The summed E-state index contributed by atoms with van der Waals surface area (Å²) in [4.78, 5) is 22.8. The lowest BCUT2D eigenvalue weighted by Crippen LogP contribution is -2.11. The summed E-state index contributed by atoms with van der Waals surface area (Å²) < 4.78 is 9.25. The second-order valence-corrected chi connectivity index (χ2v) is 3.23. The molecular weight excluding hydrogens is 232 g/mol. The Kier molecular flexibility index (Phi) is 4.31. The standard InChI is InChI=1S/C11H11ClO4/c1-7-8(10(13)15-2)4-3-5-9(7)11(14)16-6-12/h3-5H,6H2,1-2H3. The zero-order valence-corrected chi connectivity index (χ0v) is 9.71. The van der Waals surface area contributed by atoms with Gasteiger partial charge in [-0.3, -0.25) is 0 Å². The molecule has 0 aliphatic carbocycles. The number of benzene rings is 1. The van der Waals surface area contributed by atoms with Crippen molar-refractivity contribution >= 4 is 23.5 Å². The molecule has 16 heavy (non-hydrogen) atoms. The number of methoxy groups -OCH3 is 1. The van der Waals surface area contributed by atoms with Crippen molar-refractivity contribution in [3.63, 3.8) is 0 Å². The van der Waals surface area contributed by atoms with E-state index in [-0.39, 0.29) is 6.07 Å². The van der Waals surface area contributed by atoms with E-state index in [0.717, 1.165) is 0 Å². The minimum Gasteiger partial charge on any atom is -0.465 e. The molecule has 0 amide bonds. The van der Waals surface area contributed by atoms with Gasteiger partial charge in [0.25, 0.3) is 0 Å². The van der Waals surface area contributed by atoms with Crippen LogP contribution in [0.15, 0.2) is 18.2 Å². The summed E-state index contributed by atoms with van der Waals surface area (Å²) in [6, 6.07) is 4.51. The van der Waals surface area contributed by atoms with Gasteiger partial charge < -0.3 is 9.47 Å². The number of hydrogen-bond acceptors (Lipinski definition) is 4. The maximum Gasteiger partial charge on any atom is 0.339 e. The van der Waals surface area contributed by atoms with Crippen LogP contribution in [0.2, 0.25) is 0 Å². The van der Waals surface area contributed by atoms with Crippen molar-refractivity contribution in [2.24, 2.45) is 0 Å². The van der Waals surface area contributed by atoms with Crippen LogP contribution in [0.25, 0.3) is 0 Å². The van der Waals surface area contributed by atoms with Gasteiger partial charge in [0, 0.05) is 0 Å². The third-order valence-electron chi connectivity index (χ3n) is 2.14. The van der Waals surface area contributed by atoms with Gasteiger partial charge in [-0.05, 0) is 24.6 Å². The summed E-state index contributed by atoms with van der Waals surface area (Å²) in [6.07, 6.45) is 0. The average Bonchev–Trinajstić information content (AvgIpc) is 2.28. The highest BCUT2D eigenvalue weighted by Crippen LogP contribution is 2.15. The molecule has 0 bridgehead atoms. The van der Waals surface area contributed by atoms with Gasteiger partial charge in [-0.25, -0.2) is 9.59 Å². The first-order valence-corrected chi connectivity index (χ1v) is 5.06. The van der Waals surface area contributed by atoms with Gasteiger partial charge in [0.1, 0.15) is 0 Å². The summed E-state index contributed by atoms with van der Waals surface area (Å²) in [7, 11) is 1.28.